The Kier molecular flexibility index (Phi) is 4.81. The van der Waals surface area contributed by atoms with Gasteiger partial charge < -0.3 is 14.8 Å². The van der Waals surface area contributed by atoms with E-state index >= 15 is 0 Å². The van der Waals surface area contributed by atoms with Gasteiger partial charge in [0.2, 0.25) is 5.91 Å². The topological polar surface area (TPSA) is 47.6 Å². The van der Waals surface area contributed by atoms with E-state index in [9.17, 15) is 13.6 Å². The molecule has 25 heavy (non-hydrogen) atoms. The smallest absolute Gasteiger partial charge is 0.387 e. The third kappa shape index (κ3) is 3.69. The fourth-order valence-electron chi connectivity index (χ4n) is 2.75. The molecule has 1 aliphatic rings. The molecule has 132 valence electrons. The number of nitrogens with one attached hydrogen (secondary N) is 1. The Bertz CT molecular complexity index is 794. The Morgan fingerprint density at radius 3 is 2.56 bits per heavy atom. The van der Waals surface area contributed by atoms with E-state index in [-0.39, 0.29) is 17.4 Å². The minimum absolute atomic E-state index is 0.136. The van der Waals surface area contributed by atoms with Gasteiger partial charge in [-0.15, -0.1) is 0 Å². The lowest BCUT2D eigenvalue weighted by molar-refractivity contribution is -0.118. The van der Waals surface area contributed by atoms with Crippen LogP contribution in [0.4, 0.5) is 14.5 Å². The van der Waals surface area contributed by atoms with Crippen molar-refractivity contribution in [3.8, 4) is 11.5 Å². The van der Waals surface area contributed by atoms with E-state index in [4.69, 9.17) is 16.3 Å². The first-order valence-electron chi connectivity index (χ1n) is 7.65. The van der Waals surface area contributed by atoms with Crippen molar-refractivity contribution in [2.24, 2.45) is 0 Å². The molecule has 0 aliphatic heterocycles. The predicted octanol–water partition coefficient (Wildman–Crippen LogP) is 4.62. The van der Waals surface area contributed by atoms with Gasteiger partial charge in [0.05, 0.1) is 12.5 Å². The van der Waals surface area contributed by atoms with E-state index in [1.54, 1.807) is 24.3 Å². The molecule has 0 unspecified atom stereocenters. The maximum Gasteiger partial charge on any atom is 0.387 e. The first-order valence-corrected chi connectivity index (χ1v) is 8.03. The quantitative estimate of drug-likeness (QED) is 0.810. The minimum atomic E-state index is -2.99. The van der Waals surface area contributed by atoms with Gasteiger partial charge in [-0.25, -0.2) is 0 Å². The summed E-state index contributed by atoms with van der Waals surface area (Å²) >= 11 is 6.01. The van der Waals surface area contributed by atoms with Gasteiger partial charge >= 0.3 is 6.61 Å². The number of hydrogen-bond acceptors (Lipinski definition) is 3. The molecule has 1 amide bonds. The van der Waals surface area contributed by atoms with Gasteiger partial charge in [0, 0.05) is 16.8 Å². The molecule has 1 aliphatic carbocycles. The number of amides is 1. The van der Waals surface area contributed by atoms with Crippen LogP contribution in [-0.2, 0) is 10.2 Å². The molecule has 1 fully saturated rings. The van der Waals surface area contributed by atoms with E-state index in [1.165, 1.54) is 19.2 Å². The highest BCUT2D eigenvalue weighted by Gasteiger charge is 2.51. The predicted molar refractivity (Wildman–Crippen MR) is 90.6 cm³/mol. The first kappa shape index (κ1) is 17.5. The maximum absolute atomic E-state index is 12.7. The van der Waals surface area contributed by atoms with Crippen LogP contribution < -0.4 is 14.8 Å². The number of hydrogen-bond donors (Lipinski definition) is 1. The standard InChI is InChI=1S/C18H16ClF2NO3/c1-24-14-6-5-13(10-15(14)25-17(20)21)22-16(23)18(7-8-18)11-3-2-4-12(19)9-11/h2-6,9-10,17H,7-8H2,1H3,(H,22,23). The van der Waals surface area contributed by atoms with E-state index in [1.807, 2.05) is 6.07 Å². The van der Waals surface area contributed by atoms with Crippen LogP contribution in [0.5, 0.6) is 11.5 Å². The molecule has 0 saturated heterocycles. The van der Waals surface area contributed by atoms with Crippen molar-refractivity contribution in [1.29, 1.82) is 0 Å². The van der Waals surface area contributed by atoms with Crippen molar-refractivity contribution in [3.63, 3.8) is 0 Å². The van der Waals surface area contributed by atoms with Gasteiger partial charge in [0.1, 0.15) is 0 Å². The van der Waals surface area contributed by atoms with Crippen LogP contribution >= 0.6 is 11.6 Å². The Balaban J connectivity index is 1.81. The monoisotopic (exact) mass is 367 g/mol. The number of rotatable bonds is 6. The second-order valence-electron chi connectivity index (χ2n) is 5.79. The summed E-state index contributed by atoms with van der Waals surface area (Å²) in [5, 5.41) is 3.33. The van der Waals surface area contributed by atoms with Gasteiger partial charge in [0.15, 0.2) is 11.5 Å². The molecular weight excluding hydrogens is 352 g/mol. The van der Waals surface area contributed by atoms with Crippen LogP contribution in [0.1, 0.15) is 18.4 Å². The number of benzene rings is 2. The van der Waals surface area contributed by atoms with Crippen LogP contribution in [0.15, 0.2) is 42.5 Å². The summed E-state index contributed by atoms with van der Waals surface area (Å²) in [7, 11) is 1.35. The van der Waals surface area contributed by atoms with Crippen molar-refractivity contribution in [1.82, 2.24) is 0 Å². The molecule has 0 radical (unpaired) electrons. The number of methoxy groups -OCH3 is 1. The van der Waals surface area contributed by atoms with E-state index in [2.05, 4.69) is 10.1 Å². The Labute approximate surface area is 148 Å². The van der Waals surface area contributed by atoms with Crippen molar-refractivity contribution < 1.29 is 23.0 Å². The lowest BCUT2D eigenvalue weighted by Gasteiger charge is -2.17. The summed E-state index contributed by atoms with van der Waals surface area (Å²) in [6, 6.07) is 11.5. The summed E-state index contributed by atoms with van der Waals surface area (Å²) in [6.45, 7) is -2.99. The zero-order valence-corrected chi connectivity index (χ0v) is 14.1. The number of halogens is 3. The fourth-order valence-corrected chi connectivity index (χ4v) is 2.94. The molecule has 0 bridgehead atoms. The molecule has 7 heteroatoms. The maximum atomic E-state index is 12.7. The highest BCUT2D eigenvalue weighted by Crippen LogP contribution is 2.49. The molecule has 2 aromatic rings. The molecule has 0 heterocycles. The molecular formula is C18H16ClF2NO3. The SMILES string of the molecule is COc1ccc(NC(=O)C2(c3cccc(Cl)c3)CC2)cc1OC(F)F. The van der Waals surface area contributed by atoms with Gasteiger partial charge in [-0.1, -0.05) is 23.7 Å². The number of carbonyl (C=O) groups is 1. The van der Waals surface area contributed by atoms with E-state index in [0.717, 1.165) is 5.56 Å². The van der Waals surface area contributed by atoms with Crippen molar-refractivity contribution >= 4 is 23.2 Å². The van der Waals surface area contributed by atoms with Crippen LogP contribution in [0, 0.1) is 0 Å². The molecule has 0 atom stereocenters. The summed E-state index contributed by atoms with van der Waals surface area (Å²) in [4.78, 5) is 12.7. The zero-order chi connectivity index (χ0) is 18.0. The van der Waals surface area contributed by atoms with Crippen molar-refractivity contribution in [2.75, 3.05) is 12.4 Å². The summed E-state index contributed by atoms with van der Waals surface area (Å²) in [6.07, 6.45) is 1.41. The van der Waals surface area contributed by atoms with Crippen LogP contribution in [0.3, 0.4) is 0 Å². The van der Waals surface area contributed by atoms with Gasteiger partial charge in [0.25, 0.3) is 0 Å². The summed E-state index contributed by atoms with van der Waals surface area (Å²) in [5.74, 6) is -0.180. The molecule has 0 aromatic heterocycles. The number of ether oxygens (including phenoxy) is 2. The Hall–Kier alpha value is -2.34. The molecule has 0 spiro atoms. The second-order valence-corrected chi connectivity index (χ2v) is 6.23. The summed E-state index contributed by atoms with van der Waals surface area (Å²) in [5.41, 5.74) is 0.569. The van der Waals surface area contributed by atoms with Gasteiger partial charge in [-0.2, -0.15) is 8.78 Å². The van der Waals surface area contributed by atoms with Crippen LogP contribution in [0.2, 0.25) is 5.02 Å². The molecule has 4 nitrogen and oxygen atoms in total. The number of carbonyl (C=O) groups excluding carboxylic acids is 1. The average Bonchev–Trinajstić information content (AvgIpc) is 3.36. The minimum Gasteiger partial charge on any atom is -0.493 e. The molecule has 1 N–H and O–H groups in total. The van der Waals surface area contributed by atoms with E-state index < -0.39 is 12.0 Å². The largest absolute Gasteiger partial charge is 0.493 e. The first-order chi connectivity index (χ1) is 11.9. The highest BCUT2D eigenvalue weighted by atomic mass is 35.5. The summed E-state index contributed by atoms with van der Waals surface area (Å²) < 4.78 is 34.4. The number of alkyl halides is 2. The Morgan fingerprint density at radius 2 is 1.96 bits per heavy atom. The molecule has 1 saturated carbocycles. The molecule has 3 rings (SSSR count). The van der Waals surface area contributed by atoms with Crippen molar-refractivity contribution in [2.45, 2.75) is 24.9 Å². The molecule has 2 aromatic carbocycles. The lowest BCUT2D eigenvalue weighted by Crippen LogP contribution is -2.27. The lowest BCUT2D eigenvalue weighted by atomic mass is 9.95. The third-order valence-corrected chi connectivity index (χ3v) is 4.43. The average molecular weight is 368 g/mol. The van der Waals surface area contributed by atoms with Crippen LogP contribution in [0.25, 0.3) is 0 Å². The van der Waals surface area contributed by atoms with Crippen molar-refractivity contribution in [3.05, 3.63) is 53.1 Å². The van der Waals surface area contributed by atoms with Gasteiger partial charge in [-0.05, 0) is 42.7 Å². The normalized spacial score (nSPS) is 14.9. The fraction of sp³-hybridized carbons (Fsp3) is 0.278. The third-order valence-electron chi connectivity index (χ3n) is 4.20. The Morgan fingerprint density at radius 1 is 1.20 bits per heavy atom. The second kappa shape index (κ2) is 6.88. The highest BCUT2D eigenvalue weighted by molar-refractivity contribution is 6.30. The van der Waals surface area contributed by atoms with Gasteiger partial charge in [-0.3, -0.25) is 4.79 Å². The van der Waals surface area contributed by atoms with Crippen LogP contribution in [-0.4, -0.2) is 19.6 Å². The zero-order valence-electron chi connectivity index (χ0n) is 13.4. The van der Waals surface area contributed by atoms with E-state index in [0.29, 0.717) is 23.6 Å². The number of anilines is 1.